The number of nitrogens with one attached hydrogen (secondary N) is 2. The number of rotatable bonds is 5. The van der Waals surface area contributed by atoms with E-state index >= 15 is 0 Å². The Bertz CT molecular complexity index is 395. The average Bonchev–Trinajstić information content (AvgIpc) is 2.62. The summed E-state index contributed by atoms with van der Waals surface area (Å²) in [5.74, 6) is 0.736. The number of nitrogens with zero attached hydrogens (tertiary/aromatic N) is 2. The van der Waals surface area contributed by atoms with Crippen LogP contribution in [0.4, 0.5) is 0 Å². The molecule has 1 unspecified atom stereocenters. The van der Waals surface area contributed by atoms with Crippen LogP contribution in [0.15, 0.2) is 4.99 Å². The Hall–Kier alpha value is -0.610. The van der Waals surface area contributed by atoms with Crippen molar-refractivity contribution < 1.29 is 14.3 Å². The molecule has 0 aromatic rings. The minimum absolute atomic E-state index is 0. The molecular weight excluding hydrogens is 423 g/mol. The van der Waals surface area contributed by atoms with Gasteiger partial charge in [0.05, 0.1) is 25.4 Å². The molecule has 24 heavy (non-hydrogen) atoms. The zero-order valence-corrected chi connectivity index (χ0v) is 17.1. The van der Waals surface area contributed by atoms with E-state index in [9.17, 15) is 4.79 Å². The number of amides is 1. The number of piperidine rings is 1. The van der Waals surface area contributed by atoms with Crippen LogP contribution in [0.2, 0.25) is 0 Å². The lowest BCUT2D eigenvalue weighted by atomic mass is 10.1. The van der Waals surface area contributed by atoms with Crippen molar-refractivity contribution in [2.45, 2.75) is 44.3 Å². The minimum atomic E-state index is -0.0446. The molecule has 2 fully saturated rings. The third-order valence-corrected chi connectivity index (χ3v) is 4.43. The van der Waals surface area contributed by atoms with Gasteiger partial charge in [-0.15, -0.1) is 24.0 Å². The van der Waals surface area contributed by atoms with Gasteiger partial charge in [-0.3, -0.25) is 9.79 Å². The normalized spacial score (nSPS) is 22.7. The Morgan fingerprint density at radius 1 is 1.29 bits per heavy atom. The highest BCUT2D eigenvalue weighted by Gasteiger charge is 2.23. The molecule has 0 aliphatic carbocycles. The topological polar surface area (TPSA) is 75.2 Å². The van der Waals surface area contributed by atoms with Gasteiger partial charge in [-0.1, -0.05) is 0 Å². The molecule has 2 aliphatic rings. The molecule has 0 saturated carbocycles. The van der Waals surface area contributed by atoms with Crippen LogP contribution in [-0.4, -0.2) is 75.9 Å². The van der Waals surface area contributed by atoms with Crippen LogP contribution in [0.25, 0.3) is 0 Å². The van der Waals surface area contributed by atoms with Gasteiger partial charge >= 0.3 is 0 Å². The molecule has 0 aromatic carbocycles. The van der Waals surface area contributed by atoms with Crippen molar-refractivity contribution in [2.24, 2.45) is 4.99 Å². The first-order chi connectivity index (χ1) is 11.2. The summed E-state index contributed by atoms with van der Waals surface area (Å²) in [4.78, 5) is 17.8. The molecular formula is C16H31IN4O3. The van der Waals surface area contributed by atoms with E-state index in [4.69, 9.17) is 9.47 Å². The highest BCUT2D eigenvalue weighted by atomic mass is 127. The Kier molecular flexibility index (Phi) is 10.6. The molecule has 8 heteroatoms. The summed E-state index contributed by atoms with van der Waals surface area (Å²) in [7, 11) is 3.38. The molecule has 140 valence electrons. The fraction of sp³-hybridized carbons (Fsp3) is 0.875. The van der Waals surface area contributed by atoms with Gasteiger partial charge in [-0.2, -0.15) is 0 Å². The monoisotopic (exact) mass is 454 g/mol. The molecule has 2 rings (SSSR count). The Balaban J connectivity index is 0.00000288. The van der Waals surface area contributed by atoms with E-state index in [0.29, 0.717) is 12.7 Å². The van der Waals surface area contributed by atoms with E-state index in [2.05, 4.69) is 20.5 Å². The Labute approximate surface area is 161 Å². The van der Waals surface area contributed by atoms with E-state index in [1.165, 1.54) is 12.8 Å². The van der Waals surface area contributed by atoms with Crippen LogP contribution >= 0.6 is 24.0 Å². The average molecular weight is 454 g/mol. The molecule has 0 aromatic heterocycles. The highest BCUT2D eigenvalue weighted by molar-refractivity contribution is 14.0. The van der Waals surface area contributed by atoms with Crippen molar-refractivity contribution in [3.8, 4) is 0 Å². The first kappa shape index (κ1) is 21.4. The maximum Gasteiger partial charge on any atom is 0.239 e. The zero-order chi connectivity index (χ0) is 16.5. The number of guanidine groups is 1. The van der Waals surface area contributed by atoms with Crippen LogP contribution in [-0.2, 0) is 14.3 Å². The fourth-order valence-corrected chi connectivity index (χ4v) is 3.00. The van der Waals surface area contributed by atoms with Gasteiger partial charge in [0.1, 0.15) is 0 Å². The summed E-state index contributed by atoms with van der Waals surface area (Å²) in [5, 5.41) is 5.69. The van der Waals surface area contributed by atoms with Gasteiger partial charge in [0, 0.05) is 33.8 Å². The van der Waals surface area contributed by atoms with Gasteiger partial charge in [0.15, 0.2) is 5.96 Å². The first-order valence-corrected chi connectivity index (χ1v) is 8.62. The number of hydrogen-bond acceptors (Lipinski definition) is 4. The van der Waals surface area contributed by atoms with Gasteiger partial charge < -0.3 is 25.0 Å². The largest absolute Gasteiger partial charge is 0.376 e. The van der Waals surface area contributed by atoms with Gasteiger partial charge in [-0.05, 0) is 32.1 Å². The van der Waals surface area contributed by atoms with Gasteiger partial charge in [0.2, 0.25) is 5.91 Å². The zero-order valence-electron chi connectivity index (χ0n) is 14.8. The number of likely N-dealkylation sites (tertiary alicyclic amines) is 1. The quantitative estimate of drug-likeness (QED) is 0.368. The number of ether oxygens (including phenoxy) is 2. The van der Waals surface area contributed by atoms with Crippen molar-refractivity contribution in [1.82, 2.24) is 15.5 Å². The van der Waals surface area contributed by atoms with Crippen LogP contribution in [0.3, 0.4) is 0 Å². The number of halogens is 1. The van der Waals surface area contributed by atoms with Crippen LogP contribution in [0, 0.1) is 0 Å². The fourth-order valence-electron chi connectivity index (χ4n) is 3.00. The predicted molar refractivity (Wildman–Crippen MR) is 105 cm³/mol. The maximum absolute atomic E-state index is 11.3. The minimum Gasteiger partial charge on any atom is -0.376 e. The van der Waals surface area contributed by atoms with Gasteiger partial charge in [0.25, 0.3) is 0 Å². The second-order valence-corrected chi connectivity index (χ2v) is 6.08. The lowest BCUT2D eigenvalue weighted by Crippen LogP contribution is -2.49. The number of hydrogen-bond donors (Lipinski definition) is 2. The van der Waals surface area contributed by atoms with E-state index in [1.54, 1.807) is 14.1 Å². The second kappa shape index (κ2) is 11.9. The van der Waals surface area contributed by atoms with Crippen LogP contribution in [0.5, 0.6) is 0 Å². The summed E-state index contributed by atoms with van der Waals surface area (Å²) in [6.07, 6.45) is 6.09. The summed E-state index contributed by atoms with van der Waals surface area (Å²) in [6, 6.07) is 0. The molecule has 2 saturated heterocycles. The van der Waals surface area contributed by atoms with Crippen molar-refractivity contribution in [1.29, 1.82) is 0 Å². The van der Waals surface area contributed by atoms with Crippen molar-refractivity contribution in [3.05, 3.63) is 0 Å². The molecule has 0 bridgehead atoms. The summed E-state index contributed by atoms with van der Waals surface area (Å²) in [5.41, 5.74) is 0. The standard InChI is InChI=1S/C16H30N4O3.HI/c1-17-15(21)11-19-16(18-2)20-8-6-13(7-9-20)23-12-14-5-3-4-10-22-14;/h13-14H,3-12H2,1-2H3,(H,17,21)(H,18,19);1H. The molecule has 0 spiro atoms. The van der Waals surface area contributed by atoms with Crippen LogP contribution in [0.1, 0.15) is 32.1 Å². The first-order valence-electron chi connectivity index (χ1n) is 8.62. The van der Waals surface area contributed by atoms with E-state index in [0.717, 1.165) is 44.9 Å². The number of carbonyl (C=O) groups excluding carboxylic acids is 1. The van der Waals surface area contributed by atoms with E-state index < -0.39 is 0 Å². The molecule has 2 heterocycles. The van der Waals surface area contributed by atoms with E-state index in [1.807, 2.05) is 0 Å². The second-order valence-electron chi connectivity index (χ2n) is 6.08. The molecule has 7 nitrogen and oxygen atoms in total. The Morgan fingerprint density at radius 2 is 2.04 bits per heavy atom. The van der Waals surface area contributed by atoms with Crippen molar-refractivity contribution in [2.75, 3.05) is 46.9 Å². The molecule has 0 radical (unpaired) electrons. The Morgan fingerprint density at radius 3 is 2.62 bits per heavy atom. The van der Waals surface area contributed by atoms with Crippen molar-refractivity contribution in [3.63, 3.8) is 0 Å². The molecule has 2 aliphatic heterocycles. The smallest absolute Gasteiger partial charge is 0.239 e. The third-order valence-electron chi connectivity index (χ3n) is 4.43. The molecule has 1 atom stereocenters. The molecule has 2 N–H and O–H groups in total. The predicted octanol–water partition coefficient (Wildman–Crippen LogP) is 0.976. The number of aliphatic imine (C=N–C) groups is 1. The SMILES string of the molecule is CN=C(NCC(=O)NC)N1CCC(OCC2CCCCO2)CC1.I. The summed E-state index contributed by atoms with van der Waals surface area (Å²) in [6.45, 7) is 3.62. The summed E-state index contributed by atoms with van der Waals surface area (Å²) < 4.78 is 11.7. The van der Waals surface area contributed by atoms with Crippen molar-refractivity contribution >= 4 is 35.8 Å². The van der Waals surface area contributed by atoms with E-state index in [-0.39, 0.29) is 42.5 Å². The lowest BCUT2D eigenvalue weighted by molar-refractivity contribution is -0.119. The van der Waals surface area contributed by atoms with Crippen LogP contribution < -0.4 is 10.6 Å². The summed E-state index contributed by atoms with van der Waals surface area (Å²) >= 11 is 0. The maximum atomic E-state index is 11.3. The number of carbonyl (C=O) groups is 1. The highest BCUT2D eigenvalue weighted by Crippen LogP contribution is 2.17. The lowest BCUT2D eigenvalue weighted by Gasteiger charge is -2.34. The third kappa shape index (κ3) is 7.10. The molecule has 1 amide bonds. The van der Waals surface area contributed by atoms with Gasteiger partial charge in [-0.25, -0.2) is 0 Å². The number of likely N-dealkylation sites (N-methyl/N-ethyl adjacent to an activating group) is 1.